The number of amides is 2. The molecule has 0 bridgehead atoms. The van der Waals surface area contributed by atoms with E-state index in [1.165, 1.54) is 4.90 Å². The highest BCUT2D eigenvalue weighted by atomic mass is 16.4. The maximum absolute atomic E-state index is 12.0. The van der Waals surface area contributed by atoms with Crippen molar-refractivity contribution in [2.75, 3.05) is 18.4 Å². The third-order valence-electron chi connectivity index (χ3n) is 2.83. The molecule has 0 saturated carbocycles. The molecule has 104 valence electrons. The van der Waals surface area contributed by atoms with E-state index in [1.54, 1.807) is 32.2 Å². The lowest BCUT2D eigenvalue weighted by Crippen LogP contribution is -2.39. The Hall–Kier alpha value is -2.11. The number of urea groups is 1. The summed E-state index contributed by atoms with van der Waals surface area (Å²) in [5, 5.41) is 11.6. The van der Waals surface area contributed by atoms with E-state index in [0.717, 1.165) is 5.69 Å². The smallest absolute Gasteiger partial charge is 0.321 e. The molecule has 6 nitrogen and oxygen atoms in total. The Kier molecular flexibility index (Phi) is 5.29. The number of pyridine rings is 1. The van der Waals surface area contributed by atoms with Crippen molar-refractivity contribution in [3.8, 4) is 0 Å². The number of carboxylic acid groups (broad SMARTS) is 1. The van der Waals surface area contributed by atoms with E-state index in [4.69, 9.17) is 5.11 Å². The molecule has 1 atom stereocenters. The number of rotatable bonds is 5. The fourth-order valence-corrected chi connectivity index (χ4v) is 1.57. The van der Waals surface area contributed by atoms with Gasteiger partial charge in [0.25, 0.3) is 0 Å². The third-order valence-corrected chi connectivity index (χ3v) is 2.83. The van der Waals surface area contributed by atoms with Gasteiger partial charge in [0.2, 0.25) is 0 Å². The SMILES string of the molecule is CCN(CC(C)C(=O)O)C(=O)Nc1cccnc1C. The summed E-state index contributed by atoms with van der Waals surface area (Å²) in [6.07, 6.45) is 1.65. The highest BCUT2D eigenvalue weighted by molar-refractivity contribution is 5.90. The number of anilines is 1. The zero-order valence-electron chi connectivity index (χ0n) is 11.4. The van der Waals surface area contributed by atoms with Crippen LogP contribution in [-0.2, 0) is 4.79 Å². The van der Waals surface area contributed by atoms with Crippen molar-refractivity contribution in [3.05, 3.63) is 24.0 Å². The van der Waals surface area contributed by atoms with Crippen LogP contribution in [0.3, 0.4) is 0 Å². The Balaban J connectivity index is 2.69. The minimum absolute atomic E-state index is 0.178. The first-order chi connectivity index (χ1) is 8.95. The fourth-order valence-electron chi connectivity index (χ4n) is 1.57. The molecule has 0 aliphatic carbocycles. The van der Waals surface area contributed by atoms with Crippen LogP contribution in [0.15, 0.2) is 18.3 Å². The molecule has 0 aliphatic rings. The summed E-state index contributed by atoms with van der Waals surface area (Å²) in [5.41, 5.74) is 1.35. The number of hydrogen-bond donors (Lipinski definition) is 2. The van der Waals surface area contributed by atoms with E-state index in [2.05, 4.69) is 10.3 Å². The average molecular weight is 265 g/mol. The number of aromatic nitrogens is 1. The second-order valence-electron chi connectivity index (χ2n) is 4.34. The number of nitrogens with zero attached hydrogens (tertiary/aromatic N) is 2. The Morgan fingerprint density at radius 1 is 1.53 bits per heavy atom. The van der Waals surface area contributed by atoms with Gasteiger partial charge in [0.05, 0.1) is 17.3 Å². The molecule has 19 heavy (non-hydrogen) atoms. The van der Waals surface area contributed by atoms with Crippen molar-refractivity contribution in [1.29, 1.82) is 0 Å². The van der Waals surface area contributed by atoms with Crippen LogP contribution >= 0.6 is 0 Å². The minimum atomic E-state index is -0.913. The molecule has 0 saturated heterocycles. The van der Waals surface area contributed by atoms with Crippen LogP contribution in [0, 0.1) is 12.8 Å². The Morgan fingerprint density at radius 2 is 2.21 bits per heavy atom. The van der Waals surface area contributed by atoms with Gasteiger partial charge in [0.1, 0.15) is 0 Å². The molecule has 2 N–H and O–H groups in total. The predicted octanol–water partition coefficient (Wildman–Crippen LogP) is 1.96. The molecular formula is C13H19N3O3. The van der Waals surface area contributed by atoms with Gasteiger partial charge in [-0.3, -0.25) is 9.78 Å². The quantitative estimate of drug-likeness (QED) is 0.852. The van der Waals surface area contributed by atoms with Gasteiger partial charge in [-0.2, -0.15) is 0 Å². The predicted molar refractivity (Wildman–Crippen MR) is 72.0 cm³/mol. The van der Waals surface area contributed by atoms with Crippen molar-refractivity contribution in [2.24, 2.45) is 5.92 Å². The fraction of sp³-hybridized carbons (Fsp3) is 0.462. The number of nitrogens with one attached hydrogen (secondary N) is 1. The summed E-state index contributed by atoms with van der Waals surface area (Å²) in [6.45, 7) is 5.81. The van der Waals surface area contributed by atoms with E-state index >= 15 is 0 Å². The van der Waals surface area contributed by atoms with Gasteiger partial charge < -0.3 is 15.3 Å². The van der Waals surface area contributed by atoms with Crippen LogP contribution in [0.25, 0.3) is 0 Å². The molecule has 1 aromatic heterocycles. The van der Waals surface area contributed by atoms with Gasteiger partial charge in [-0.25, -0.2) is 4.79 Å². The summed E-state index contributed by atoms with van der Waals surface area (Å²) in [6, 6.07) is 3.18. The molecule has 0 radical (unpaired) electrons. The van der Waals surface area contributed by atoms with E-state index in [-0.39, 0.29) is 12.6 Å². The molecular weight excluding hydrogens is 246 g/mol. The summed E-state index contributed by atoms with van der Waals surface area (Å²) in [4.78, 5) is 28.4. The molecule has 1 heterocycles. The number of aliphatic carboxylic acids is 1. The number of aryl methyl sites for hydroxylation is 1. The molecule has 1 unspecified atom stereocenters. The molecule has 0 aliphatic heterocycles. The highest BCUT2D eigenvalue weighted by Crippen LogP contribution is 2.12. The van der Waals surface area contributed by atoms with Crippen molar-refractivity contribution in [2.45, 2.75) is 20.8 Å². The first kappa shape index (κ1) is 14.9. The summed E-state index contributed by atoms with van der Waals surface area (Å²) >= 11 is 0. The van der Waals surface area contributed by atoms with Crippen LogP contribution in [0.4, 0.5) is 10.5 Å². The monoisotopic (exact) mass is 265 g/mol. The van der Waals surface area contributed by atoms with Crippen LogP contribution < -0.4 is 5.32 Å². The Labute approximate surface area is 112 Å². The molecule has 1 rings (SSSR count). The Bertz CT molecular complexity index is 462. The van der Waals surface area contributed by atoms with Crippen LogP contribution in [0.5, 0.6) is 0 Å². The van der Waals surface area contributed by atoms with Gasteiger partial charge in [0, 0.05) is 19.3 Å². The van der Waals surface area contributed by atoms with Crippen LogP contribution in [0.2, 0.25) is 0 Å². The average Bonchev–Trinajstić information content (AvgIpc) is 2.38. The number of hydrogen-bond acceptors (Lipinski definition) is 3. The standard InChI is InChI=1S/C13H19N3O3/c1-4-16(8-9(2)12(17)18)13(19)15-11-6-5-7-14-10(11)3/h5-7,9H,4,8H2,1-3H3,(H,15,19)(H,17,18). The third kappa shape index (κ3) is 4.24. The zero-order valence-corrected chi connectivity index (χ0v) is 11.4. The number of carbonyl (C=O) groups excluding carboxylic acids is 1. The second-order valence-corrected chi connectivity index (χ2v) is 4.34. The van der Waals surface area contributed by atoms with Gasteiger partial charge in [-0.05, 0) is 26.0 Å². The molecule has 1 aromatic rings. The van der Waals surface area contributed by atoms with E-state index < -0.39 is 11.9 Å². The van der Waals surface area contributed by atoms with E-state index in [1.807, 2.05) is 6.92 Å². The van der Waals surface area contributed by atoms with Gasteiger partial charge in [-0.15, -0.1) is 0 Å². The van der Waals surface area contributed by atoms with Gasteiger partial charge in [-0.1, -0.05) is 6.92 Å². The van der Waals surface area contributed by atoms with Crippen LogP contribution in [0.1, 0.15) is 19.5 Å². The molecule has 0 fully saturated rings. The molecule has 6 heteroatoms. The Morgan fingerprint density at radius 3 is 2.74 bits per heavy atom. The lowest BCUT2D eigenvalue weighted by atomic mass is 10.2. The van der Waals surface area contributed by atoms with Crippen molar-refractivity contribution in [1.82, 2.24) is 9.88 Å². The lowest BCUT2D eigenvalue weighted by molar-refractivity contribution is -0.141. The first-order valence-corrected chi connectivity index (χ1v) is 6.16. The lowest BCUT2D eigenvalue weighted by Gasteiger charge is -2.23. The summed E-state index contributed by atoms with van der Waals surface area (Å²) in [5.74, 6) is -1.51. The number of carboxylic acids is 1. The first-order valence-electron chi connectivity index (χ1n) is 6.16. The minimum Gasteiger partial charge on any atom is -0.481 e. The van der Waals surface area contributed by atoms with Gasteiger partial charge in [0.15, 0.2) is 0 Å². The van der Waals surface area contributed by atoms with Crippen molar-refractivity contribution >= 4 is 17.7 Å². The topological polar surface area (TPSA) is 82.5 Å². The molecule has 2 amide bonds. The second kappa shape index (κ2) is 6.72. The zero-order chi connectivity index (χ0) is 14.4. The molecule has 0 spiro atoms. The highest BCUT2D eigenvalue weighted by Gasteiger charge is 2.19. The molecule has 0 aromatic carbocycles. The van der Waals surface area contributed by atoms with Gasteiger partial charge >= 0.3 is 12.0 Å². The summed E-state index contributed by atoms with van der Waals surface area (Å²) in [7, 11) is 0. The van der Waals surface area contributed by atoms with Crippen molar-refractivity contribution in [3.63, 3.8) is 0 Å². The largest absolute Gasteiger partial charge is 0.481 e. The normalized spacial score (nSPS) is 11.7. The maximum atomic E-state index is 12.0. The van der Waals surface area contributed by atoms with Crippen molar-refractivity contribution < 1.29 is 14.7 Å². The maximum Gasteiger partial charge on any atom is 0.321 e. The van der Waals surface area contributed by atoms with Crippen LogP contribution in [-0.4, -0.2) is 40.1 Å². The number of carbonyl (C=O) groups is 2. The van der Waals surface area contributed by atoms with E-state index in [9.17, 15) is 9.59 Å². The van der Waals surface area contributed by atoms with E-state index in [0.29, 0.717) is 12.2 Å². The summed E-state index contributed by atoms with van der Waals surface area (Å²) < 4.78 is 0.